The smallest absolute Gasteiger partial charge is 0.255 e. The lowest BCUT2D eigenvalue weighted by atomic mass is 10.2. The largest absolute Gasteiger partial charge is 0.497 e. The molecular weight excluding hydrogens is 330 g/mol. The van der Waals surface area contributed by atoms with E-state index < -0.39 is 0 Å². The molecule has 0 fully saturated rings. The Hall–Kier alpha value is -3.48. The Labute approximate surface area is 151 Å². The van der Waals surface area contributed by atoms with Crippen molar-refractivity contribution in [3.63, 3.8) is 0 Å². The summed E-state index contributed by atoms with van der Waals surface area (Å²) in [5.41, 5.74) is 2.12. The van der Waals surface area contributed by atoms with Crippen LogP contribution in [0.3, 0.4) is 0 Å². The molecular formula is C19H19N5O2. The summed E-state index contributed by atoms with van der Waals surface area (Å²) < 4.78 is 5.15. The lowest BCUT2D eigenvalue weighted by Gasteiger charge is -2.11. The van der Waals surface area contributed by atoms with E-state index in [1.165, 1.54) is 0 Å². The molecule has 1 amide bonds. The van der Waals surface area contributed by atoms with Crippen LogP contribution in [0.1, 0.15) is 16.1 Å². The minimum absolute atomic E-state index is 0.196. The van der Waals surface area contributed by atoms with Gasteiger partial charge in [0.05, 0.1) is 18.4 Å². The van der Waals surface area contributed by atoms with E-state index in [2.05, 4.69) is 25.6 Å². The number of rotatable bonds is 7. The number of nitrogens with zero attached hydrogens (tertiary/aromatic N) is 3. The number of pyridine rings is 1. The predicted octanol–water partition coefficient (Wildman–Crippen LogP) is 2.60. The van der Waals surface area contributed by atoms with Gasteiger partial charge in [-0.15, -0.1) is 0 Å². The number of ether oxygens (including phenoxy) is 1. The maximum Gasteiger partial charge on any atom is 0.255 e. The highest BCUT2D eigenvalue weighted by Crippen LogP contribution is 2.21. The maximum atomic E-state index is 12.5. The lowest BCUT2D eigenvalue weighted by molar-refractivity contribution is 0.0954. The highest BCUT2D eigenvalue weighted by molar-refractivity contribution is 5.99. The normalized spacial score (nSPS) is 10.2. The van der Waals surface area contributed by atoms with Gasteiger partial charge in [-0.25, -0.2) is 4.98 Å². The second-order valence-electron chi connectivity index (χ2n) is 5.46. The van der Waals surface area contributed by atoms with Crippen LogP contribution >= 0.6 is 0 Å². The van der Waals surface area contributed by atoms with Crippen LogP contribution in [-0.4, -0.2) is 34.5 Å². The third-order valence-corrected chi connectivity index (χ3v) is 3.69. The van der Waals surface area contributed by atoms with Crippen LogP contribution in [0.4, 0.5) is 11.5 Å². The van der Waals surface area contributed by atoms with Gasteiger partial charge >= 0.3 is 0 Å². The molecule has 132 valence electrons. The van der Waals surface area contributed by atoms with Gasteiger partial charge in [0.25, 0.3) is 5.91 Å². The number of carbonyl (C=O) groups is 1. The van der Waals surface area contributed by atoms with Gasteiger partial charge in [-0.3, -0.25) is 14.8 Å². The Kier molecular flexibility index (Phi) is 5.72. The number of anilines is 2. The molecule has 26 heavy (non-hydrogen) atoms. The standard InChI is InChI=1S/C19H19N5O2/c1-26-16-6-4-14(5-7-16)24-18-17(3-2-9-22-18)19(25)23-10-8-15-13-20-11-12-21-15/h2-7,9,11-13H,8,10H2,1H3,(H,22,24)(H,23,25). The average molecular weight is 349 g/mol. The van der Waals surface area contributed by atoms with Crippen molar-refractivity contribution in [1.82, 2.24) is 20.3 Å². The first-order valence-corrected chi connectivity index (χ1v) is 8.15. The Balaban J connectivity index is 1.64. The molecule has 2 aromatic heterocycles. The Bertz CT molecular complexity index is 853. The maximum absolute atomic E-state index is 12.5. The van der Waals surface area contributed by atoms with E-state index in [0.29, 0.717) is 24.3 Å². The Morgan fingerprint density at radius 3 is 2.65 bits per heavy atom. The molecule has 3 rings (SSSR count). The molecule has 0 saturated carbocycles. The average Bonchev–Trinajstić information content (AvgIpc) is 2.70. The molecule has 7 nitrogen and oxygen atoms in total. The molecule has 7 heteroatoms. The fraction of sp³-hybridized carbons (Fsp3) is 0.158. The fourth-order valence-electron chi connectivity index (χ4n) is 2.36. The molecule has 0 saturated heterocycles. The van der Waals surface area contributed by atoms with Gasteiger partial charge in [-0.2, -0.15) is 0 Å². The SMILES string of the molecule is COc1ccc(Nc2ncccc2C(=O)NCCc2cnccn2)cc1. The molecule has 2 heterocycles. The van der Waals surface area contributed by atoms with Crippen LogP contribution in [0, 0.1) is 0 Å². The van der Waals surface area contributed by atoms with Gasteiger partial charge in [0.15, 0.2) is 0 Å². The number of nitrogens with one attached hydrogen (secondary N) is 2. The summed E-state index contributed by atoms with van der Waals surface area (Å²) >= 11 is 0. The lowest BCUT2D eigenvalue weighted by Crippen LogP contribution is -2.26. The molecule has 0 aliphatic heterocycles. The van der Waals surface area contributed by atoms with Crippen molar-refractivity contribution < 1.29 is 9.53 Å². The van der Waals surface area contributed by atoms with E-state index in [4.69, 9.17) is 4.74 Å². The fourth-order valence-corrected chi connectivity index (χ4v) is 2.36. The molecule has 0 radical (unpaired) electrons. The molecule has 1 aromatic carbocycles. The first-order valence-electron chi connectivity index (χ1n) is 8.15. The summed E-state index contributed by atoms with van der Waals surface area (Å²) in [6.07, 6.45) is 7.19. The summed E-state index contributed by atoms with van der Waals surface area (Å²) in [6, 6.07) is 10.9. The topological polar surface area (TPSA) is 89.0 Å². The quantitative estimate of drug-likeness (QED) is 0.681. The van der Waals surface area contributed by atoms with E-state index in [-0.39, 0.29) is 5.91 Å². The van der Waals surface area contributed by atoms with E-state index >= 15 is 0 Å². The van der Waals surface area contributed by atoms with Gasteiger partial charge in [0.2, 0.25) is 0 Å². The number of hydrogen-bond acceptors (Lipinski definition) is 6. The summed E-state index contributed by atoms with van der Waals surface area (Å²) in [4.78, 5) is 25.0. The van der Waals surface area contributed by atoms with Crippen LogP contribution in [-0.2, 0) is 6.42 Å². The predicted molar refractivity (Wildman–Crippen MR) is 98.6 cm³/mol. The second-order valence-corrected chi connectivity index (χ2v) is 5.46. The summed E-state index contributed by atoms with van der Waals surface area (Å²) in [7, 11) is 1.62. The number of aromatic nitrogens is 3. The van der Waals surface area contributed by atoms with Gasteiger partial charge in [0, 0.05) is 43.4 Å². The Morgan fingerprint density at radius 1 is 1.08 bits per heavy atom. The third-order valence-electron chi connectivity index (χ3n) is 3.69. The monoisotopic (exact) mass is 349 g/mol. The van der Waals surface area contributed by atoms with Crippen LogP contribution in [0.2, 0.25) is 0 Å². The summed E-state index contributed by atoms with van der Waals surface area (Å²) in [5, 5.41) is 6.05. The summed E-state index contributed by atoms with van der Waals surface area (Å²) in [5.74, 6) is 1.06. The van der Waals surface area contributed by atoms with Crippen LogP contribution < -0.4 is 15.4 Å². The van der Waals surface area contributed by atoms with Crippen molar-refractivity contribution in [2.75, 3.05) is 19.0 Å². The van der Waals surface area contributed by atoms with Crippen molar-refractivity contribution in [3.05, 3.63) is 72.4 Å². The number of carbonyl (C=O) groups excluding carboxylic acids is 1. The second kappa shape index (κ2) is 8.57. The molecule has 0 bridgehead atoms. The number of hydrogen-bond donors (Lipinski definition) is 2. The van der Waals surface area contributed by atoms with E-state index in [1.807, 2.05) is 24.3 Å². The highest BCUT2D eigenvalue weighted by atomic mass is 16.5. The minimum Gasteiger partial charge on any atom is -0.497 e. The molecule has 0 spiro atoms. The zero-order chi connectivity index (χ0) is 18.2. The molecule has 2 N–H and O–H groups in total. The van der Waals surface area contributed by atoms with E-state index in [0.717, 1.165) is 17.1 Å². The minimum atomic E-state index is -0.196. The highest BCUT2D eigenvalue weighted by Gasteiger charge is 2.12. The molecule has 3 aromatic rings. The Morgan fingerprint density at radius 2 is 1.92 bits per heavy atom. The zero-order valence-corrected chi connectivity index (χ0v) is 14.3. The molecule has 0 aliphatic rings. The van der Waals surface area contributed by atoms with Crippen LogP contribution in [0.5, 0.6) is 5.75 Å². The number of amides is 1. The van der Waals surface area contributed by atoms with Crippen LogP contribution in [0.25, 0.3) is 0 Å². The first kappa shape index (κ1) is 17.3. The molecule has 0 atom stereocenters. The van der Waals surface area contributed by atoms with Crippen molar-refractivity contribution in [2.45, 2.75) is 6.42 Å². The van der Waals surface area contributed by atoms with Crippen molar-refractivity contribution in [1.29, 1.82) is 0 Å². The third kappa shape index (κ3) is 4.54. The molecule has 0 aliphatic carbocycles. The molecule has 0 unspecified atom stereocenters. The van der Waals surface area contributed by atoms with Gasteiger partial charge in [0.1, 0.15) is 11.6 Å². The zero-order valence-electron chi connectivity index (χ0n) is 14.3. The van der Waals surface area contributed by atoms with Crippen LogP contribution in [0.15, 0.2) is 61.2 Å². The van der Waals surface area contributed by atoms with Gasteiger partial charge < -0.3 is 15.4 Å². The van der Waals surface area contributed by atoms with E-state index in [1.54, 1.807) is 44.0 Å². The van der Waals surface area contributed by atoms with Gasteiger partial charge in [-0.1, -0.05) is 0 Å². The first-order chi connectivity index (χ1) is 12.8. The van der Waals surface area contributed by atoms with Crippen molar-refractivity contribution in [2.24, 2.45) is 0 Å². The van der Waals surface area contributed by atoms with Gasteiger partial charge in [-0.05, 0) is 36.4 Å². The summed E-state index contributed by atoms with van der Waals surface area (Å²) in [6.45, 7) is 0.467. The van der Waals surface area contributed by atoms with E-state index in [9.17, 15) is 4.79 Å². The number of benzene rings is 1. The van der Waals surface area contributed by atoms with Crippen molar-refractivity contribution >= 4 is 17.4 Å². The van der Waals surface area contributed by atoms with Crippen molar-refractivity contribution in [3.8, 4) is 5.75 Å². The number of methoxy groups -OCH3 is 1.